The van der Waals surface area contributed by atoms with Gasteiger partial charge in [0.05, 0.1) is 0 Å². The molecule has 49 heavy (non-hydrogen) atoms. The fraction of sp³-hybridized carbons (Fsp3) is 0.136. The first-order valence-corrected chi connectivity index (χ1v) is 16.6. The first-order valence-electron chi connectivity index (χ1n) is 16.6. The molecule has 6 aromatic carbocycles. The van der Waals surface area contributed by atoms with Crippen LogP contribution in [0.2, 0.25) is 0 Å². The van der Waals surface area contributed by atoms with E-state index in [1.807, 2.05) is 24.3 Å². The standard InChI is InChI=1S/C44H34N2O3/c1-23-15-27(5)39-35(19-23)37-21-25(3)17-33(41(37)47-39)29-7-11-31(12-8-29)43-45-46-44(49-43)32-13-9-30(10-14-32)34-18-26(4)22-38-36-20-24(2)16-28(6)40(36)48-42(34)38/h7-22H,1-6H3. The molecule has 0 N–H and O–H groups in total. The van der Waals surface area contributed by atoms with E-state index >= 15 is 0 Å². The van der Waals surface area contributed by atoms with Crippen LogP contribution in [0.4, 0.5) is 0 Å². The zero-order chi connectivity index (χ0) is 33.6. The lowest BCUT2D eigenvalue weighted by molar-refractivity contribution is 0.584. The van der Waals surface area contributed by atoms with Crippen LogP contribution in [0, 0.1) is 41.5 Å². The number of hydrogen-bond acceptors (Lipinski definition) is 5. The van der Waals surface area contributed by atoms with Gasteiger partial charge >= 0.3 is 0 Å². The Balaban J connectivity index is 1.03. The van der Waals surface area contributed by atoms with E-state index < -0.39 is 0 Å². The highest BCUT2D eigenvalue weighted by molar-refractivity contribution is 6.12. The molecule has 0 amide bonds. The zero-order valence-corrected chi connectivity index (χ0v) is 28.4. The maximum atomic E-state index is 6.49. The molecule has 0 radical (unpaired) electrons. The number of nitrogens with zero attached hydrogens (tertiary/aromatic N) is 2. The summed E-state index contributed by atoms with van der Waals surface area (Å²) in [7, 11) is 0. The molecule has 0 bridgehead atoms. The normalized spacial score (nSPS) is 11.9. The molecule has 0 saturated heterocycles. The predicted octanol–water partition coefficient (Wildman–Crippen LogP) is 12.4. The Morgan fingerprint density at radius 1 is 0.347 bits per heavy atom. The van der Waals surface area contributed by atoms with E-state index in [0.717, 1.165) is 88.4 Å². The fourth-order valence-electron chi connectivity index (χ4n) is 7.42. The average Bonchev–Trinajstić information content (AvgIpc) is 3.81. The molecule has 0 spiro atoms. The van der Waals surface area contributed by atoms with Gasteiger partial charge in [0, 0.05) is 43.8 Å². The highest BCUT2D eigenvalue weighted by Crippen LogP contribution is 2.41. The smallest absolute Gasteiger partial charge is 0.248 e. The van der Waals surface area contributed by atoms with Gasteiger partial charge in [-0.3, -0.25) is 0 Å². The monoisotopic (exact) mass is 638 g/mol. The molecule has 0 aliphatic rings. The topological polar surface area (TPSA) is 65.2 Å². The van der Waals surface area contributed by atoms with E-state index in [0.29, 0.717) is 11.8 Å². The van der Waals surface area contributed by atoms with E-state index in [4.69, 9.17) is 13.3 Å². The maximum absolute atomic E-state index is 6.49. The lowest BCUT2D eigenvalue weighted by atomic mass is 9.98. The van der Waals surface area contributed by atoms with Crippen molar-refractivity contribution in [2.75, 3.05) is 0 Å². The van der Waals surface area contributed by atoms with Gasteiger partial charge in [-0.05, 0) is 147 Å². The molecule has 9 aromatic rings. The summed E-state index contributed by atoms with van der Waals surface area (Å²) in [5, 5.41) is 13.4. The molecule has 5 heteroatoms. The third kappa shape index (κ3) is 4.76. The Bertz CT molecular complexity index is 2570. The van der Waals surface area contributed by atoms with Gasteiger partial charge in [0.15, 0.2) is 0 Å². The van der Waals surface area contributed by atoms with Crippen LogP contribution in [0.15, 0.2) is 110 Å². The lowest BCUT2D eigenvalue weighted by Crippen LogP contribution is -1.83. The van der Waals surface area contributed by atoms with Crippen LogP contribution in [0.3, 0.4) is 0 Å². The minimum Gasteiger partial charge on any atom is -0.455 e. The Kier molecular flexibility index (Phi) is 6.44. The van der Waals surface area contributed by atoms with E-state index in [1.54, 1.807) is 0 Å². The van der Waals surface area contributed by atoms with Gasteiger partial charge in [-0.1, -0.05) is 36.4 Å². The van der Waals surface area contributed by atoms with Crippen molar-refractivity contribution in [3.63, 3.8) is 0 Å². The quantitative estimate of drug-likeness (QED) is 0.192. The van der Waals surface area contributed by atoms with Crippen molar-refractivity contribution in [1.29, 1.82) is 0 Å². The molecule has 3 heterocycles. The average molecular weight is 639 g/mol. The van der Waals surface area contributed by atoms with Crippen LogP contribution in [0.1, 0.15) is 33.4 Å². The van der Waals surface area contributed by atoms with Crippen LogP contribution < -0.4 is 0 Å². The number of fused-ring (bicyclic) bond motifs is 6. The molecule has 5 nitrogen and oxygen atoms in total. The number of hydrogen-bond donors (Lipinski definition) is 0. The second-order valence-electron chi connectivity index (χ2n) is 13.6. The van der Waals surface area contributed by atoms with Gasteiger partial charge in [-0.2, -0.15) is 0 Å². The van der Waals surface area contributed by atoms with Gasteiger partial charge in [0.25, 0.3) is 0 Å². The van der Waals surface area contributed by atoms with Crippen LogP contribution in [-0.4, -0.2) is 10.2 Å². The SMILES string of the molecule is Cc1cc(C)c2oc3c(-c4ccc(-c5nnc(-c6ccc(-c7cc(C)cc8c7oc7c(C)cc(C)cc78)cc6)o5)cc4)cc(C)cc3c2c1. The molecule has 3 aromatic heterocycles. The fourth-order valence-corrected chi connectivity index (χ4v) is 7.42. The molecular weight excluding hydrogens is 604 g/mol. The molecule has 0 aliphatic heterocycles. The summed E-state index contributed by atoms with van der Waals surface area (Å²) >= 11 is 0. The Hall–Kier alpha value is -5.94. The minimum absolute atomic E-state index is 0.475. The Morgan fingerprint density at radius 3 is 1.06 bits per heavy atom. The number of aromatic nitrogens is 2. The summed E-state index contributed by atoms with van der Waals surface area (Å²) in [5.74, 6) is 0.950. The second-order valence-corrected chi connectivity index (χ2v) is 13.6. The molecular formula is C44H34N2O3. The van der Waals surface area contributed by atoms with E-state index in [9.17, 15) is 0 Å². The number of aryl methyl sites for hydroxylation is 6. The molecule has 9 rings (SSSR count). The van der Waals surface area contributed by atoms with E-state index in [-0.39, 0.29) is 0 Å². The summed E-state index contributed by atoms with van der Waals surface area (Å²) < 4.78 is 19.2. The summed E-state index contributed by atoms with van der Waals surface area (Å²) in [6, 6.07) is 34.1. The molecule has 0 fully saturated rings. The first-order chi connectivity index (χ1) is 23.7. The van der Waals surface area contributed by atoms with Crippen LogP contribution in [-0.2, 0) is 0 Å². The predicted molar refractivity (Wildman–Crippen MR) is 199 cm³/mol. The van der Waals surface area contributed by atoms with Gasteiger partial charge < -0.3 is 13.3 Å². The zero-order valence-electron chi connectivity index (χ0n) is 28.4. The molecule has 0 aliphatic carbocycles. The van der Waals surface area contributed by atoms with Crippen molar-refractivity contribution in [1.82, 2.24) is 10.2 Å². The van der Waals surface area contributed by atoms with Crippen molar-refractivity contribution in [3.8, 4) is 45.2 Å². The van der Waals surface area contributed by atoms with Crippen molar-refractivity contribution in [2.24, 2.45) is 0 Å². The van der Waals surface area contributed by atoms with Gasteiger partial charge in [-0.15, -0.1) is 10.2 Å². The van der Waals surface area contributed by atoms with Gasteiger partial charge in [0.2, 0.25) is 11.8 Å². The third-order valence-corrected chi connectivity index (χ3v) is 9.60. The van der Waals surface area contributed by atoms with Crippen molar-refractivity contribution < 1.29 is 13.3 Å². The second kappa shape index (κ2) is 10.8. The van der Waals surface area contributed by atoms with Gasteiger partial charge in [-0.25, -0.2) is 0 Å². The Morgan fingerprint density at radius 2 is 0.673 bits per heavy atom. The summed E-state index contributed by atoms with van der Waals surface area (Å²) in [6.07, 6.45) is 0. The highest BCUT2D eigenvalue weighted by atomic mass is 16.4. The van der Waals surface area contributed by atoms with Gasteiger partial charge in [0.1, 0.15) is 22.3 Å². The van der Waals surface area contributed by atoms with E-state index in [2.05, 4.69) is 125 Å². The van der Waals surface area contributed by atoms with Crippen molar-refractivity contribution >= 4 is 43.9 Å². The maximum Gasteiger partial charge on any atom is 0.248 e. The largest absolute Gasteiger partial charge is 0.455 e. The first kappa shape index (κ1) is 29.2. The number of benzene rings is 6. The van der Waals surface area contributed by atoms with Crippen LogP contribution in [0.25, 0.3) is 89.0 Å². The third-order valence-electron chi connectivity index (χ3n) is 9.60. The lowest BCUT2D eigenvalue weighted by Gasteiger charge is -2.06. The Labute approximate surface area is 283 Å². The summed E-state index contributed by atoms with van der Waals surface area (Å²) in [5.41, 5.74) is 16.8. The molecule has 0 unspecified atom stereocenters. The summed E-state index contributed by atoms with van der Waals surface area (Å²) in [6.45, 7) is 12.7. The number of rotatable bonds is 4. The van der Waals surface area contributed by atoms with Crippen LogP contribution in [0.5, 0.6) is 0 Å². The van der Waals surface area contributed by atoms with Crippen molar-refractivity contribution in [2.45, 2.75) is 41.5 Å². The highest BCUT2D eigenvalue weighted by Gasteiger charge is 2.18. The van der Waals surface area contributed by atoms with Crippen molar-refractivity contribution in [3.05, 3.63) is 130 Å². The molecule has 238 valence electrons. The molecule has 0 atom stereocenters. The summed E-state index contributed by atoms with van der Waals surface area (Å²) in [4.78, 5) is 0. The minimum atomic E-state index is 0.475. The number of furan rings is 2. The van der Waals surface area contributed by atoms with Crippen LogP contribution >= 0.6 is 0 Å². The van der Waals surface area contributed by atoms with E-state index in [1.165, 1.54) is 22.3 Å². The molecule has 0 saturated carbocycles.